The van der Waals surface area contributed by atoms with E-state index in [1.807, 2.05) is 48.1 Å². The number of likely N-dealkylation sites (N-methyl/N-ethyl adjacent to an activating group) is 1. The predicted molar refractivity (Wildman–Crippen MR) is 83.0 cm³/mol. The van der Waals surface area contributed by atoms with Crippen LogP contribution in [0.1, 0.15) is 25.7 Å². The van der Waals surface area contributed by atoms with Gasteiger partial charge in [0.05, 0.1) is 0 Å². The SMILES string of the molecule is CNC(Cn1ccc2ccccc2c1=O)C1CCCC1. The topological polar surface area (TPSA) is 34.0 Å². The van der Waals surface area contributed by atoms with Gasteiger partial charge >= 0.3 is 0 Å². The molecule has 106 valence electrons. The van der Waals surface area contributed by atoms with Crippen LogP contribution < -0.4 is 10.9 Å². The lowest BCUT2D eigenvalue weighted by atomic mass is 9.98. The van der Waals surface area contributed by atoms with E-state index in [0.29, 0.717) is 12.0 Å². The average Bonchev–Trinajstić information content (AvgIpc) is 3.01. The molecule has 0 spiro atoms. The predicted octanol–water partition coefficient (Wildman–Crippen LogP) is 2.78. The summed E-state index contributed by atoms with van der Waals surface area (Å²) >= 11 is 0. The van der Waals surface area contributed by atoms with Crippen molar-refractivity contribution in [3.63, 3.8) is 0 Å². The van der Waals surface area contributed by atoms with Crippen molar-refractivity contribution in [3.05, 3.63) is 46.9 Å². The zero-order valence-electron chi connectivity index (χ0n) is 12.0. The van der Waals surface area contributed by atoms with Crippen molar-refractivity contribution >= 4 is 10.8 Å². The first-order valence-electron chi connectivity index (χ1n) is 7.55. The number of aromatic nitrogens is 1. The van der Waals surface area contributed by atoms with Gasteiger partial charge in [-0.3, -0.25) is 4.79 Å². The van der Waals surface area contributed by atoms with Crippen LogP contribution in [0.4, 0.5) is 0 Å². The summed E-state index contributed by atoms with van der Waals surface area (Å²) in [5, 5.41) is 5.25. The van der Waals surface area contributed by atoms with Crippen LogP contribution in [0.25, 0.3) is 10.8 Å². The Balaban J connectivity index is 1.90. The third-order valence-electron chi connectivity index (χ3n) is 4.62. The molecule has 1 aliphatic carbocycles. The minimum absolute atomic E-state index is 0.126. The maximum Gasteiger partial charge on any atom is 0.258 e. The Labute approximate surface area is 119 Å². The molecule has 1 aliphatic rings. The Hall–Kier alpha value is -1.61. The van der Waals surface area contributed by atoms with Crippen molar-refractivity contribution in [3.8, 4) is 0 Å². The summed E-state index contributed by atoms with van der Waals surface area (Å²) in [4.78, 5) is 12.5. The molecule has 20 heavy (non-hydrogen) atoms. The Morgan fingerprint density at radius 1 is 1.25 bits per heavy atom. The molecule has 2 aromatic rings. The first kappa shape index (κ1) is 13.4. The fourth-order valence-corrected chi connectivity index (χ4v) is 3.42. The van der Waals surface area contributed by atoms with Gasteiger partial charge in [0.1, 0.15) is 0 Å². The first-order valence-corrected chi connectivity index (χ1v) is 7.55. The summed E-state index contributed by atoms with van der Waals surface area (Å²) in [5.74, 6) is 0.707. The molecule has 1 aromatic heterocycles. The summed E-state index contributed by atoms with van der Waals surface area (Å²) in [6.07, 6.45) is 7.16. The third-order valence-corrected chi connectivity index (χ3v) is 4.62. The lowest BCUT2D eigenvalue weighted by Crippen LogP contribution is -2.39. The third kappa shape index (κ3) is 2.50. The van der Waals surface area contributed by atoms with Gasteiger partial charge in [0, 0.05) is 24.2 Å². The summed E-state index contributed by atoms with van der Waals surface area (Å²) < 4.78 is 1.86. The Bertz CT molecular complexity index is 641. The number of hydrogen-bond donors (Lipinski definition) is 1. The average molecular weight is 270 g/mol. The van der Waals surface area contributed by atoms with Crippen LogP contribution in [-0.4, -0.2) is 17.7 Å². The van der Waals surface area contributed by atoms with Gasteiger partial charge in [0.15, 0.2) is 0 Å². The molecule has 1 aromatic carbocycles. The van der Waals surface area contributed by atoms with Crippen molar-refractivity contribution in [2.24, 2.45) is 5.92 Å². The molecule has 3 heteroatoms. The number of pyridine rings is 1. The van der Waals surface area contributed by atoms with Gasteiger partial charge in [0.25, 0.3) is 5.56 Å². The van der Waals surface area contributed by atoms with Crippen LogP contribution >= 0.6 is 0 Å². The van der Waals surface area contributed by atoms with Crippen LogP contribution in [0.5, 0.6) is 0 Å². The number of rotatable bonds is 4. The highest BCUT2D eigenvalue weighted by atomic mass is 16.1. The van der Waals surface area contributed by atoms with Gasteiger partial charge in [0.2, 0.25) is 0 Å². The number of hydrogen-bond acceptors (Lipinski definition) is 2. The van der Waals surface area contributed by atoms with E-state index in [-0.39, 0.29) is 5.56 Å². The fourth-order valence-electron chi connectivity index (χ4n) is 3.42. The lowest BCUT2D eigenvalue weighted by molar-refractivity contribution is 0.337. The van der Waals surface area contributed by atoms with Crippen molar-refractivity contribution in [1.82, 2.24) is 9.88 Å². The molecule has 1 unspecified atom stereocenters. The fraction of sp³-hybridized carbons (Fsp3) is 0.471. The molecule has 0 aliphatic heterocycles. The van der Waals surface area contributed by atoms with E-state index in [1.54, 1.807) is 0 Å². The normalized spacial score (nSPS) is 17.6. The number of fused-ring (bicyclic) bond motifs is 1. The van der Waals surface area contributed by atoms with Crippen LogP contribution in [-0.2, 0) is 6.54 Å². The van der Waals surface area contributed by atoms with E-state index in [4.69, 9.17) is 0 Å². The van der Waals surface area contributed by atoms with E-state index < -0.39 is 0 Å². The highest BCUT2D eigenvalue weighted by Crippen LogP contribution is 2.28. The van der Waals surface area contributed by atoms with Crippen LogP contribution in [0, 0.1) is 5.92 Å². The van der Waals surface area contributed by atoms with Gasteiger partial charge in [-0.15, -0.1) is 0 Å². The monoisotopic (exact) mass is 270 g/mol. The zero-order chi connectivity index (χ0) is 13.9. The molecule has 1 saturated carbocycles. The summed E-state index contributed by atoms with van der Waals surface area (Å²) in [6.45, 7) is 0.769. The largest absolute Gasteiger partial charge is 0.315 e. The molecular weight excluding hydrogens is 248 g/mol. The van der Waals surface area contributed by atoms with Gasteiger partial charge in [-0.1, -0.05) is 31.0 Å². The second-order valence-electron chi connectivity index (χ2n) is 5.80. The highest BCUT2D eigenvalue weighted by molar-refractivity contribution is 5.81. The Morgan fingerprint density at radius 2 is 2.00 bits per heavy atom. The van der Waals surface area contributed by atoms with E-state index in [0.717, 1.165) is 17.3 Å². The van der Waals surface area contributed by atoms with Crippen molar-refractivity contribution < 1.29 is 0 Å². The summed E-state index contributed by atoms with van der Waals surface area (Å²) in [7, 11) is 2.01. The van der Waals surface area contributed by atoms with Crippen molar-refractivity contribution in [2.75, 3.05) is 7.05 Å². The number of nitrogens with zero attached hydrogens (tertiary/aromatic N) is 1. The highest BCUT2D eigenvalue weighted by Gasteiger charge is 2.24. The molecule has 1 fully saturated rings. The molecule has 3 rings (SSSR count). The van der Waals surface area contributed by atoms with E-state index in [1.165, 1.54) is 25.7 Å². The van der Waals surface area contributed by atoms with E-state index in [2.05, 4.69) is 5.32 Å². The smallest absolute Gasteiger partial charge is 0.258 e. The zero-order valence-corrected chi connectivity index (χ0v) is 12.0. The van der Waals surface area contributed by atoms with Crippen molar-refractivity contribution in [1.29, 1.82) is 0 Å². The minimum atomic E-state index is 0.126. The molecule has 1 heterocycles. The maximum absolute atomic E-state index is 12.5. The number of benzene rings is 1. The molecule has 0 radical (unpaired) electrons. The van der Waals surface area contributed by atoms with Crippen LogP contribution in [0.2, 0.25) is 0 Å². The second kappa shape index (κ2) is 5.80. The van der Waals surface area contributed by atoms with E-state index >= 15 is 0 Å². The molecule has 1 N–H and O–H groups in total. The Kier molecular flexibility index (Phi) is 3.88. The maximum atomic E-state index is 12.5. The second-order valence-corrected chi connectivity index (χ2v) is 5.80. The minimum Gasteiger partial charge on any atom is -0.315 e. The Morgan fingerprint density at radius 3 is 2.75 bits per heavy atom. The standard InChI is InChI=1S/C17H22N2O/c1-18-16(14-7-2-3-8-14)12-19-11-10-13-6-4-5-9-15(13)17(19)20/h4-6,9-11,14,16,18H,2-3,7-8,12H2,1H3. The van der Waals surface area contributed by atoms with Gasteiger partial charge in [-0.25, -0.2) is 0 Å². The van der Waals surface area contributed by atoms with Gasteiger partial charge in [-0.05, 0) is 43.3 Å². The lowest BCUT2D eigenvalue weighted by Gasteiger charge is -2.23. The quantitative estimate of drug-likeness (QED) is 0.927. The van der Waals surface area contributed by atoms with E-state index in [9.17, 15) is 4.79 Å². The van der Waals surface area contributed by atoms with Crippen LogP contribution in [0.3, 0.4) is 0 Å². The van der Waals surface area contributed by atoms with Crippen LogP contribution in [0.15, 0.2) is 41.3 Å². The van der Waals surface area contributed by atoms with Crippen molar-refractivity contribution in [2.45, 2.75) is 38.3 Å². The first-order chi connectivity index (χ1) is 9.79. The van der Waals surface area contributed by atoms with Gasteiger partial charge < -0.3 is 9.88 Å². The molecule has 1 atom stereocenters. The summed E-state index contributed by atoms with van der Waals surface area (Å²) in [5.41, 5.74) is 0.126. The molecule has 0 saturated heterocycles. The molecular formula is C17H22N2O. The molecule has 3 nitrogen and oxygen atoms in total. The molecule has 0 bridgehead atoms. The summed E-state index contributed by atoms with van der Waals surface area (Å²) in [6, 6.07) is 10.3. The number of nitrogens with one attached hydrogen (secondary N) is 1. The molecule has 0 amide bonds. The van der Waals surface area contributed by atoms with Gasteiger partial charge in [-0.2, -0.15) is 0 Å².